The van der Waals surface area contributed by atoms with E-state index in [2.05, 4.69) is 24.9 Å². The van der Waals surface area contributed by atoms with Crippen molar-refractivity contribution in [1.29, 1.82) is 0 Å². The second kappa shape index (κ2) is 7.43. The summed E-state index contributed by atoms with van der Waals surface area (Å²) in [5.41, 5.74) is 1.43. The molecule has 0 amide bonds. The molecule has 0 aromatic carbocycles. The van der Waals surface area contributed by atoms with Crippen LogP contribution in [0, 0.1) is 6.92 Å². The molecular weight excluding hydrogens is 326 g/mol. The van der Waals surface area contributed by atoms with Gasteiger partial charge in [-0.2, -0.15) is 5.10 Å². The van der Waals surface area contributed by atoms with Crippen LogP contribution in [-0.2, 0) is 13.6 Å². The molecule has 1 atom stereocenters. The molecule has 1 fully saturated rings. The number of alkyl halides is 2. The number of likely N-dealkylation sites (tertiary alicyclic amines) is 1. The molecule has 3 rings (SSSR count). The lowest BCUT2D eigenvalue weighted by molar-refractivity contribution is 0.140. The highest BCUT2D eigenvalue weighted by Crippen LogP contribution is 2.25. The lowest BCUT2D eigenvalue weighted by Crippen LogP contribution is -2.46. The van der Waals surface area contributed by atoms with Crippen molar-refractivity contribution in [3.63, 3.8) is 0 Å². The average molecular weight is 350 g/mol. The van der Waals surface area contributed by atoms with Crippen LogP contribution in [0.2, 0.25) is 0 Å². The van der Waals surface area contributed by atoms with E-state index in [-0.39, 0.29) is 11.7 Å². The number of aromatic nitrogens is 4. The molecule has 3 heterocycles. The smallest absolute Gasteiger partial charge is 0.282 e. The van der Waals surface area contributed by atoms with Gasteiger partial charge in [-0.05, 0) is 32.4 Å². The first-order chi connectivity index (χ1) is 11.9. The summed E-state index contributed by atoms with van der Waals surface area (Å²) in [5.74, 6) is 0.710. The maximum Gasteiger partial charge on any atom is 0.282 e. The Morgan fingerprint density at radius 2 is 2.20 bits per heavy atom. The Morgan fingerprint density at radius 1 is 1.40 bits per heavy atom. The Kier molecular flexibility index (Phi) is 5.27. The van der Waals surface area contributed by atoms with Crippen LogP contribution >= 0.6 is 0 Å². The first-order valence-corrected chi connectivity index (χ1v) is 8.49. The first-order valence-electron chi connectivity index (χ1n) is 8.49. The summed E-state index contributed by atoms with van der Waals surface area (Å²) in [6.45, 7) is 4.13. The molecule has 0 saturated carbocycles. The monoisotopic (exact) mass is 350 g/mol. The molecule has 1 unspecified atom stereocenters. The molecule has 136 valence electrons. The van der Waals surface area contributed by atoms with Crippen molar-refractivity contribution in [2.75, 3.05) is 25.0 Å². The van der Waals surface area contributed by atoms with Gasteiger partial charge in [-0.3, -0.25) is 9.58 Å². The Bertz CT molecular complexity index is 717. The number of nitrogens with zero attached hydrogens (tertiary/aromatic N) is 6. The molecule has 1 aliphatic heterocycles. The van der Waals surface area contributed by atoms with Gasteiger partial charge in [-0.25, -0.2) is 18.7 Å². The second-order valence-electron chi connectivity index (χ2n) is 6.65. The number of aryl methyl sites for hydroxylation is 2. The van der Waals surface area contributed by atoms with E-state index in [9.17, 15) is 8.78 Å². The molecular formula is C17H24F2N6. The van der Waals surface area contributed by atoms with Gasteiger partial charge in [0.2, 0.25) is 5.95 Å². The van der Waals surface area contributed by atoms with Gasteiger partial charge in [-0.15, -0.1) is 0 Å². The summed E-state index contributed by atoms with van der Waals surface area (Å²) in [6, 6.07) is 2.14. The van der Waals surface area contributed by atoms with Crippen LogP contribution in [0.25, 0.3) is 0 Å². The molecule has 0 spiro atoms. The van der Waals surface area contributed by atoms with Crippen LogP contribution in [-0.4, -0.2) is 50.8 Å². The fourth-order valence-electron chi connectivity index (χ4n) is 3.36. The van der Waals surface area contributed by atoms with Crippen molar-refractivity contribution < 1.29 is 8.78 Å². The van der Waals surface area contributed by atoms with Crippen molar-refractivity contribution in [3.05, 3.63) is 35.4 Å². The van der Waals surface area contributed by atoms with Crippen LogP contribution in [0.15, 0.2) is 18.5 Å². The average Bonchev–Trinajstić information content (AvgIpc) is 2.95. The molecule has 1 saturated heterocycles. The van der Waals surface area contributed by atoms with Gasteiger partial charge in [0.1, 0.15) is 5.69 Å². The fraction of sp³-hybridized carbons (Fsp3) is 0.588. The fourth-order valence-corrected chi connectivity index (χ4v) is 3.36. The van der Waals surface area contributed by atoms with Crippen molar-refractivity contribution in [2.45, 2.75) is 38.8 Å². The van der Waals surface area contributed by atoms with Crippen LogP contribution in [0.5, 0.6) is 0 Å². The van der Waals surface area contributed by atoms with Crippen molar-refractivity contribution in [3.8, 4) is 0 Å². The third-order valence-electron chi connectivity index (χ3n) is 4.66. The molecule has 0 aliphatic carbocycles. The highest BCUT2D eigenvalue weighted by Gasteiger charge is 2.27. The molecule has 25 heavy (non-hydrogen) atoms. The number of hydrogen-bond acceptors (Lipinski definition) is 5. The van der Waals surface area contributed by atoms with Crippen LogP contribution in [0.4, 0.5) is 14.7 Å². The maximum absolute atomic E-state index is 13.1. The predicted octanol–water partition coefficient (Wildman–Crippen LogP) is 2.56. The van der Waals surface area contributed by atoms with E-state index in [0.717, 1.165) is 31.6 Å². The van der Waals surface area contributed by atoms with Gasteiger partial charge >= 0.3 is 0 Å². The lowest BCUT2D eigenvalue weighted by Gasteiger charge is -2.37. The largest absolute Gasteiger partial charge is 0.340 e. The molecule has 2 aromatic rings. The molecule has 6 nitrogen and oxygen atoms in total. The second-order valence-corrected chi connectivity index (χ2v) is 6.65. The molecule has 0 radical (unpaired) electrons. The Labute approximate surface area is 146 Å². The maximum atomic E-state index is 13.1. The van der Waals surface area contributed by atoms with E-state index in [4.69, 9.17) is 0 Å². The van der Waals surface area contributed by atoms with Crippen molar-refractivity contribution >= 4 is 5.95 Å². The van der Waals surface area contributed by atoms with Crippen molar-refractivity contribution in [2.24, 2.45) is 7.05 Å². The van der Waals surface area contributed by atoms with Crippen LogP contribution in [0.3, 0.4) is 0 Å². The van der Waals surface area contributed by atoms with E-state index in [1.807, 2.05) is 20.0 Å². The third-order valence-corrected chi connectivity index (χ3v) is 4.66. The van der Waals surface area contributed by atoms with E-state index < -0.39 is 6.43 Å². The van der Waals surface area contributed by atoms with Crippen molar-refractivity contribution in [1.82, 2.24) is 24.6 Å². The number of piperidine rings is 1. The molecule has 0 bridgehead atoms. The minimum Gasteiger partial charge on any atom is -0.340 e. The summed E-state index contributed by atoms with van der Waals surface area (Å²) in [6.07, 6.45) is 2.97. The zero-order valence-corrected chi connectivity index (χ0v) is 14.9. The molecule has 2 aromatic heterocycles. The number of rotatable bonds is 5. The van der Waals surface area contributed by atoms with E-state index in [1.54, 1.807) is 19.4 Å². The highest BCUT2D eigenvalue weighted by molar-refractivity contribution is 5.31. The van der Waals surface area contributed by atoms with E-state index in [1.165, 1.54) is 4.68 Å². The van der Waals surface area contributed by atoms with Crippen LogP contribution < -0.4 is 4.90 Å². The zero-order valence-electron chi connectivity index (χ0n) is 14.9. The number of halogens is 2. The molecule has 0 N–H and O–H groups in total. The molecule has 8 heteroatoms. The van der Waals surface area contributed by atoms with Gasteiger partial charge < -0.3 is 4.90 Å². The SMILES string of the molecule is Cc1ccnc(N(C)C2CCCN(Cc3cn(C)nc3C(F)F)C2)n1. The summed E-state index contributed by atoms with van der Waals surface area (Å²) >= 11 is 0. The van der Waals surface area contributed by atoms with E-state index >= 15 is 0 Å². The topological polar surface area (TPSA) is 50.1 Å². The summed E-state index contributed by atoms with van der Waals surface area (Å²) < 4.78 is 27.7. The summed E-state index contributed by atoms with van der Waals surface area (Å²) in [7, 11) is 3.68. The number of hydrogen-bond donors (Lipinski definition) is 0. The lowest BCUT2D eigenvalue weighted by atomic mass is 10.0. The van der Waals surface area contributed by atoms with Crippen LogP contribution in [0.1, 0.15) is 36.2 Å². The van der Waals surface area contributed by atoms with E-state index in [0.29, 0.717) is 18.1 Å². The quantitative estimate of drug-likeness (QED) is 0.829. The predicted molar refractivity (Wildman–Crippen MR) is 91.6 cm³/mol. The van der Waals surface area contributed by atoms with Gasteiger partial charge in [0.25, 0.3) is 6.43 Å². The number of likely N-dealkylation sites (N-methyl/N-ethyl adjacent to an activating group) is 1. The zero-order chi connectivity index (χ0) is 18.0. The minimum absolute atomic E-state index is 0.111. The third kappa shape index (κ3) is 4.12. The standard InChI is InChI=1S/C17H24F2N6/c1-12-6-7-20-17(21-12)24(3)14-5-4-8-25(11-14)10-13-9-23(2)22-15(13)16(18)19/h6-7,9,14,16H,4-5,8,10-11H2,1-3H3. The first kappa shape index (κ1) is 17.7. The summed E-state index contributed by atoms with van der Waals surface area (Å²) in [4.78, 5) is 13.1. The number of anilines is 1. The van der Waals surface area contributed by atoms with Gasteiger partial charge in [0.15, 0.2) is 0 Å². The summed E-state index contributed by atoms with van der Waals surface area (Å²) in [5, 5.41) is 3.90. The van der Waals surface area contributed by atoms with Gasteiger partial charge in [0.05, 0.1) is 0 Å². The molecule has 1 aliphatic rings. The Morgan fingerprint density at radius 3 is 2.92 bits per heavy atom. The highest BCUT2D eigenvalue weighted by atomic mass is 19.3. The van der Waals surface area contributed by atoms with Gasteiger partial charge in [0, 0.05) is 56.9 Å². The normalized spacial score (nSPS) is 18.7. The minimum atomic E-state index is -2.54. The van der Waals surface area contributed by atoms with Gasteiger partial charge in [-0.1, -0.05) is 0 Å². The Hall–Kier alpha value is -2.09. The Balaban J connectivity index is 1.69.